The number of carbonyl (C=O) groups is 1. The van der Waals surface area contributed by atoms with Gasteiger partial charge in [-0.05, 0) is 24.6 Å². The predicted molar refractivity (Wildman–Crippen MR) is 78.5 cm³/mol. The number of amides is 1. The molecule has 0 unspecified atom stereocenters. The molecule has 1 amide bonds. The van der Waals surface area contributed by atoms with Crippen molar-refractivity contribution in [2.24, 2.45) is 0 Å². The van der Waals surface area contributed by atoms with E-state index in [1.807, 2.05) is 31.2 Å². The topological polar surface area (TPSA) is 90.6 Å². The number of rotatable bonds is 5. The van der Waals surface area contributed by atoms with E-state index in [2.05, 4.69) is 36.4 Å². The molecule has 7 heteroatoms. The van der Waals surface area contributed by atoms with Crippen LogP contribution in [0.1, 0.15) is 24.2 Å². The molecule has 106 valence electrons. The summed E-state index contributed by atoms with van der Waals surface area (Å²) < 4.78 is 0.983. The number of hydrogen-bond donors (Lipinski definition) is 3. The van der Waals surface area contributed by atoms with Crippen molar-refractivity contribution >= 4 is 21.8 Å². The molecule has 2 aromatic rings. The number of hydrogen-bond acceptors (Lipinski definition) is 3. The van der Waals surface area contributed by atoms with Gasteiger partial charge < -0.3 is 5.32 Å². The van der Waals surface area contributed by atoms with Gasteiger partial charge in [0.15, 0.2) is 0 Å². The minimum atomic E-state index is -0.338. The summed E-state index contributed by atoms with van der Waals surface area (Å²) in [5.41, 5.74) is 0.619. The van der Waals surface area contributed by atoms with E-state index in [0.717, 1.165) is 10.0 Å². The molecule has 20 heavy (non-hydrogen) atoms. The van der Waals surface area contributed by atoms with E-state index in [1.54, 1.807) is 0 Å². The fraction of sp³-hybridized carbons (Fsp3) is 0.308. The van der Waals surface area contributed by atoms with Crippen LogP contribution < -0.4 is 11.0 Å². The lowest BCUT2D eigenvalue weighted by molar-refractivity contribution is -0.122. The normalized spacial score (nSPS) is 12.1. The Balaban J connectivity index is 1.85. The molecule has 3 N–H and O–H groups in total. The lowest BCUT2D eigenvalue weighted by atomic mass is 10.0. The van der Waals surface area contributed by atoms with Gasteiger partial charge in [-0.2, -0.15) is 5.10 Å². The molecular formula is C13H15BrN4O2. The van der Waals surface area contributed by atoms with Crippen LogP contribution in [0.3, 0.4) is 0 Å². The van der Waals surface area contributed by atoms with Crippen LogP contribution in [0, 0.1) is 0 Å². The van der Waals surface area contributed by atoms with Gasteiger partial charge in [0.1, 0.15) is 5.82 Å². The van der Waals surface area contributed by atoms with Crippen molar-refractivity contribution in [3.8, 4) is 0 Å². The van der Waals surface area contributed by atoms with Crippen molar-refractivity contribution in [3.63, 3.8) is 0 Å². The summed E-state index contributed by atoms with van der Waals surface area (Å²) in [4.78, 5) is 25.4. The highest BCUT2D eigenvalue weighted by atomic mass is 79.9. The lowest BCUT2D eigenvalue weighted by Gasteiger charge is -2.12. The van der Waals surface area contributed by atoms with Crippen LogP contribution in [-0.2, 0) is 11.2 Å². The van der Waals surface area contributed by atoms with Crippen molar-refractivity contribution in [1.29, 1.82) is 0 Å². The molecule has 1 heterocycles. The fourth-order valence-corrected chi connectivity index (χ4v) is 2.05. The average Bonchev–Trinajstić information content (AvgIpc) is 2.84. The third-order valence-corrected chi connectivity index (χ3v) is 3.50. The Morgan fingerprint density at radius 3 is 2.70 bits per heavy atom. The summed E-state index contributed by atoms with van der Waals surface area (Å²) in [7, 11) is 0. The van der Waals surface area contributed by atoms with E-state index < -0.39 is 0 Å². The van der Waals surface area contributed by atoms with Crippen molar-refractivity contribution in [2.75, 3.05) is 6.54 Å². The Kier molecular flexibility index (Phi) is 4.73. The summed E-state index contributed by atoms with van der Waals surface area (Å²) in [6.45, 7) is 2.29. The standard InChI is InChI=1S/C13H15BrN4O2/c1-8(9-2-4-10(14)5-3-9)12(19)15-7-6-11-16-13(20)18-17-11/h2-5,8H,6-7H2,1H3,(H,15,19)(H2,16,17,18,20)/t8-/m0/s1. The van der Waals surface area contributed by atoms with E-state index in [4.69, 9.17) is 0 Å². The van der Waals surface area contributed by atoms with Crippen LogP contribution in [0.5, 0.6) is 0 Å². The van der Waals surface area contributed by atoms with Gasteiger partial charge in [-0.1, -0.05) is 28.1 Å². The molecule has 2 rings (SSSR count). The molecule has 0 saturated heterocycles. The first-order valence-electron chi connectivity index (χ1n) is 6.23. The molecule has 0 bridgehead atoms. The zero-order chi connectivity index (χ0) is 14.5. The number of halogens is 1. The summed E-state index contributed by atoms with van der Waals surface area (Å²) in [6.07, 6.45) is 0.484. The van der Waals surface area contributed by atoms with Gasteiger partial charge in [-0.15, -0.1) is 0 Å². The number of benzene rings is 1. The van der Waals surface area contributed by atoms with Gasteiger partial charge in [-0.3, -0.25) is 9.78 Å². The first-order valence-corrected chi connectivity index (χ1v) is 7.02. The number of H-pyrrole nitrogens is 2. The monoisotopic (exact) mass is 338 g/mol. The molecule has 0 aliphatic heterocycles. The van der Waals surface area contributed by atoms with Crippen LogP contribution in [0.15, 0.2) is 33.5 Å². The van der Waals surface area contributed by atoms with Gasteiger partial charge in [0.2, 0.25) is 5.91 Å². The van der Waals surface area contributed by atoms with Crippen LogP contribution in [0.25, 0.3) is 0 Å². The first-order chi connectivity index (χ1) is 9.56. The summed E-state index contributed by atoms with van der Waals surface area (Å²) in [5, 5.41) is 8.88. The summed E-state index contributed by atoms with van der Waals surface area (Å²) in [6, 6.07) is 7.65. The van der Waals surface area contributed by atoms with E-state index in [9.17, 15) is 9.59 Å². The Bertz CT molecular complexity index is 632. The summed E-state index contributed by atoms with van der Waals surface area (Å²) in [5.74, 6) is 0.262. The Morgan fingerprint density at radius 2 is 2.10 bits per heavy atom. The molecule has 0 fully saturated rings. The van der Waals surface area contributed by atoms with Gasteiger partial charge in [0, 0.05) is 17.4 Å². The number of aromatic amines is 2. The number of nitrogens with zero attached hydrogens (tertiary/aromatic N) is 1. The van der Waals surface area contributed by atoms with Crippen molar-refractivity contribution in [1.82, 2.24) is 20.5 Å². The van der Waals surface area contributed by atoms with Crippen molar-refractivity contribution < 1.29 is 4.79 Å². The zero-order valence-corrected chi connectivity index (χ0v) is 12.5. The molecule has 1 aromatic heterocycles. The Morgan fingerprint density at radius 1 is 1.40 bits per heavy atom. The maximum Gasteiger partial charge on any atom is 0.340 e. The third-order valence-electron chi connectivity index (χ3n) is 2.97. The third kappa shape index (κ3) is 3.80. The zero-order valence-electron chi connectivity index (χ0n) is 10.9. The molecule has 1 aromatic carbocycles. The van der Waals surface area contributed by atoms with Gasteiger partial charge in [-0.25, -0.2) is 9.89 Å². The van der Waals surface area contributed by atoms with Crippen LogP contribution in [-0.4, -0.2) is 27.6 Å². The molecule has 0 aliphatic rings. The fourth-order valence-electron chi connectivity index (χ4n) is 1.78. The molecular weight excluding hydrogens is 324 g/mol. The molecule has 0 saturated carbocycles. The Labute approximate surface area is 124 Å². The van der Waals surface area contributed by atoms with Gasteiger partial charge in [0.25, 0.3) is 0 Å². The Hall–Kier alpha value is -1.89. The SMILES string of the molecule is C[C@H](C(=O)NCCc1n[nH]c(=O)[nH]1)c1ccc(Br)cc1. The van der Waals surface area contributed by atoms with Gasteiger partial charge >= 0.3 is 5.69 Å². The maximum atomic E-state index is 12.0. The van der Waals surface area contributed by atoms with Crippen molar-refractivity contribution in [3.05, 3.63) is 50.6 Å². The largest absolute Gasteiger partial charge is 0.355 e. The number of aromatic nitrogens is 3. The van der Waals surface area contributed by atoms with Crippen molar-refractivity contribution in [2.45, 2.75) is 19.3 Å². The molecule has 6 nitrogen and oxygen atoms in total. The number of nitrogens with one attached hydrogen (secondary N) is 3. The molecule has 0 radical (unpaired) electrons. The molecule has 1 atom stereocenters. The average molecular weight is 339 g/mol. The highest BCUT2D eigenvalue weighted by Gasteiger charge is 2.14. The first kappa shape index (κ1) is 14.5. The minimum absolute atomic E-state index is 0.0507. The quantitative estimate of drug-likeness (QED) is 0.767. The second-order valence-electron chi connectivity index (χ2n) is 4.44. The van der Waals surface area contributed by atoms with E-state index in [0.29, 0.717) is 18.8 Å². The van der Waals surface area contributed by atoms with E-state index in [1.165, 1.54) is 0 Å². The number of carbonyl (C=O) groups excluding carboxylic acids is 1. The smallest absolute Gasteiger partial charge is 0.340 e. The van der Waals surface area contributed by atoms with E-state index in [-0.39, 0.29) is 17.5 Å². The maximum absolute atomic E-state index is 12.0. The van der Waals surface area contributed by atoms with Crippen LogP contribution >= 0.6 is 15.9 Å². The van der Waals surface area contributed by atoms with E-state index >= 15 is 0 Å². The molecule has 0 spiro atoms. The minimum Gasteiger partial charge on any atom is -0.355 e. The second-order valence-corrected chi connectivity index (χ2v) is 5.35. The molecule has 0 aliphatic carbocycles. The lowest BCUT2D eigenvalue weighted by Crippen LogP contribution is -2.30. The van der Waals surface area contributed by atoms with Crippen LogP contribution in [0.4, 0.5) is 0 Å². The van der Waals surface area contributed by atoms with Crippen LogP contribution in [0.2, 0.25) is 0 Å². The second kappa shape index (κ2) is 6.51. The highest BCUT2D eigenvalue weighted by molar-refractivity contribution is 9.10. The summed E-state index contributed by atoms with van der Waals surface area (Å²) >= 11 is 3.36. The predicted octanol–water partition coefficient (Wildman–Crippen LogP) is 1.32. The highest BCUT2D eigenvalue weighted by Crippen LogP contribution is 2.18. The van der Waals surface area contributed by atoms with Gasteiger partial charge in [0.05, 0.1) is 5.92 Å².